The van der Waals surface area contributed by atoms with Crippen molar-refractivity contribution in [2.24, 2.45) is 0 Å². The highest BCUT2D eigenvalue weighted by atomic mass is 19.1. The van der Waals surface area contributed by atoms with Crippen LogP contribution in [0.25, 0.3) is 5.57 Å². The summed E-state index contributed by atoms with van der Waals surface area (Å²) in [6.07, 6.45) is 6.38. The molecule has 2 N–H and O–H groups in total. The lowest BCUT2D eigenvalue weighted by Crippen LogP contribution is -2.49. The van der Waals surface area contributed by atoms with E-state index in [9.17, 15) is 14.0 Å². The number of aromatic nitrogens is 3. The number of aryl methyl sites for hydroxylation is 1. The summed E-state index contributed by atoms with van der Waals surface area (Å²) in [6, 6.07) is 3.46. The van der Waals surface area contributed by atoms with Gasteiger partial charge in [-0.1, -0.05) is 13.0 Å². The van der Waals surface area contributed by atoms with E-state index in [2.05, 4.69) is 31.2 Å². The van der Waals surface area contributed by atoms with Crippen LogP contribution in [0, 0.1) is 5.95 Å². The molecule has 1 aliphatic carbocycles. The van der Waals surface area contributed by atoms with Gasteiger partial charge in [-0.3, -0.25) is 14.5 Å². The van der Waals surface area contributed by atoms with Gasteiger partial charge in [-0.05, 0) is 50.8 Å². The van der Waals surface area contributed by atoms with Crippen molar-refractivity contribution in [3.8, 4) is 0 Å². The molecule has 0 spiro atoms. The molecule has 0 aromatic carbocycles. The fourth-order valence-corrected chi connectivity index (χ4v) is 4.44. The van der Waals surface area contributed by atoms with E-state index in [-0.39, 0.29) is 29.2 Å². The molecule has 2 aromatic heterocycles. The van der Waals surface area contributed by atoms with Crippen molar-refractivity contribution in [1.82, 2.24) is 25.2 Å². The Hall–Kier alpha value is -3.07. The van der Waals surface area contributed by atoms with Gasteiger partial charge in [0.15, 0.2) is 0 Å². The Labute approximate surface area is 192 Å². The van der Waals surface area contributed by atoms with Crippen molar-refractivity contribution in [1.29, 1.82) is 0 Å². The summed E-state index contributed by atoms with van der Waals surface area (Å²) in [6.45, 7) is 8.58. The van der Waals surface area contributed by atoms with Crippen molar-refractivity contribution in [3.63, 3.8) is 0 Å². The van der Waals surface area contributed by atoms with E-state index in [1.54, 1.807) is 18.3 Å². The number of carbonyl (C=O) groups is 1. The van der Waals surface area contributed by atoms with E-state index < -0.39 is 5.95 Å². The third kappa shape index (κ3) is 5.13. The Morgan fingerprint density at radius 3 is 2.67 bits per heavy atom. The normalized spacial score (nSPS) is 19.1. The second-order valence-electron chi connectivity index (χ2n) is 8.90. The minimum absolute atomic E-state index is 0.0352. The van der Waals surface area contributed by atoms with Gasteiger partial charge in [0.05, 0.1) is 5.69 Å². The highest BCUT2D eigenvalue weighted by Crippen LogP contribution is 2.29. The number of nitrogens with one attached hydrogen (secondary N) is 2. The van der Waals surface area contributed by atoms with Crippen LogP contribution >= 0.6 is 0 Å². The fraction of sp³-hybridized carbons (Fsp3) is 0.500. The first-order valence-electron chi connectivity index (χ1n) is 11.6. The molecule has 2 aromatic rings. The Kier molecular flexibility index (Phi) is 6.88. The second kappa shape index (κ2) is 9.82. The molecule has 1 fully saturated rings. The van der Waals surface area contributed by atoms with E-state index in [4.69, 9.17) is 0 Å². The number of rotatable bonds is 6. The van der Waals surface area contributed by atoms with Crippen molar-refractivity contribution in [3.05, 3.63) is 57.8 Å². The number of anilines is 1. The van der Waals surface area contributed by atoms with Gasteiger partial charge in [0.25, 0.3) is 11.5 Å². The van der Waals surface area contributed by atoms with Crippen LogP contribution in [0.5, 0.6) is 0 Å². The standard InChI is InChI=1S/C24H31FN6O2/c1-4-16-14-26-22(29-23(16)32)17-5-6-18(13-17)30-9-11-31(12-10-30)20-8-7-19(28-21(20)25)24(33)27-15(2)3/h7-8,13-15,18H,4-6,9-12H2,1-3H3,(H,27,33)(H,26,29,32). The van der Waals surface area contributed by atoms with Gasteiger partial charge in [-0.15, -0.1) is 0 Å². The lowest BCUT2D eigenvalue weighted by atomic mass is 10.2. The molecular formula is C24H31FN6O2. The number of H-pyrrole nitrogens is 1. The molecule has 4 rings (SSSR count). The number of halogens is 1. The molecular weight excluding hydrogens is 423 g/mol. The predicted molar refractivity (Wildman–Crippen MR) is 126 cm³/mol. The molecule has 9 heteroatoms. The van der Waals surface area contributed by atoms with Gasteiger partial charge in [-0.2, -0.15) is 4.39 Å². The van der Waals surface area contributed by atoms with Crippen LogP contribution in [0.4, 0.5) is 10.1 Å². The number of hydrogen-bond donors (Lipinski definition) is 2. The molecule has 1 amide bonds. The van der Waals surface area contributed by atoms with Gasteiger partial charge in [-0.25, -0.2) is 9.97 Å². The van der Waals surface area contributed by atoms with Crippen molar-refractivity contribution < 1.29 is 9.18 Å². The van der Waals surface area contributed by atoms with Crippen LogP contribution in [0.3, 0.4) is 0 Å². The molecule has 8 nitrogen and oxygen atoms in total. The van der Waals surface area contributed by atoms with Crippen LogP contribution < -0.4 is 15.8 Å². The van der Waals surface area contributed by atoms with Gasteiger partial charge in [0.1, 0.15) is 11.5 Å². The van der Waals surface area contributed by atoms with Crippen LogP contribution in [0.1, 0.15) is 55.5 Å². The Balaban J connectivity index is 1.38. The number of aromatic amines is 1. The third-order valence-corrected chi connectivity index (χ3v) is 6.27. The summed E-state index contributed by atoms with van der Waals surface area (Å²) >= 11 is 0. The van der Waals surface area contributed by atoms with Gasteiger partial charge < -0.3 is 15.2 Å². The van der Waals surface area contributed by atoms with E-state index in [1.165, 1.54) is 0 Å². The molecule has 176 valence electrons. The van der Waals surface area contributed by atoms with E-state index in [1.807, 2.05) is 25.7 Å². The van der Waals surface area contributed by atoms with Crippen LogP contribution in [0.2, 0.25) is 0 Å². The minimum Gasteiger partial charge on any atom is -0.365 e. The number of allylic oxidation sites excluding steroid dienone is 1. The predicted octanol–water partition coefficient (Wildman–Crippen LogP) is 2.37. The Bertz CT molecular complexity index is 1100. The Morgan fingerprint density at radius 1 is 1.27 bits per heavy atom. The first kappa shape index (κ1) is 23.1. The first-order chi connectivity index (χ1) is 15.9. The summed E-state index contributed by atoms with van der Waals surface area (Å²) in [7, 11) is 0. The summed E-state index contributed by atoms with van der Waals surface area (Å²) < 4.78 is 14.7. The SMILES string of the molecule is CCc1cnc(C2=CC(N3CCN(c4ccc(C(=O)NC(C)C)nc4F)CC3)CC2)[nH]c1=O. The summed E-state index contributed by atoms with van der Waals surface area (Å²) in [5, 5.41) is 2.73. The molecule has 0 bridgehead atoms. The van der Waals surface area contributed by atoms with Crippen molar-refractivity contribution >= 4 is 17.2 Å². The molecule has 33 heavy (non-hydrogen) atoms. The van der Waals surface area contributed by atoms with Crippen LogP contribution in [0.15, 0.2) is 29.2 Å². The summed E-state index contributed by atoms with van der Waals surface area (Å²) in [4.78, 5) is 39.8. The highest BCUT2D eigenvalue weighted by Gasteiger charge is 2.28. The Morgan fingerprint density at radius 2 is 2.03 bits per heavy atom. The highest BCUT2D eigenvalue weighted by molar-refractivity contribution is 5.92. The lowest BCUT2D eigenvalue weighted by molar-refractivity contribution is 0.0937. The largest absolute Gasteiger partial charge is 0.365 e. The fourth-order valence-electron chi connectivity index (χ4n) is 4.44. The quantitative estimate of drug-likeness (QED) is 0.651. The molecule has 1 saturated heterocycles. The first-order valence-corrected chi connectivity index (χ1v) is 11.6. The number of amides is 1. The maximum absolute atomic E-state index is 14.7. The number of nitrogens with zero attached hydrogens (tertiary/aromatic N) is 4. The molecule has 0 radical (unpaired) electrons. The molecule has 1 unspecified atom stereocenters. The zero-order valence-corrected chi connectivity index (χ0v) is 19.4. The third-order valence-electron chi connectivity index (χ3n) is 6.27. The molecule has 0 saturated carbocycles. The number of carbonyl (C=O) groups excluding carboxylic acids is 1. The van der Waals surface area contributed by atoms with E-state index in [0.717, 1.165) is 31.5 Å². The zero-order chi connectivity index (χ0) is 23.5. The van der Waals surface area contributed by atoms with Gasteiger partial charge in [0, 0.05) is 50.0 Å². The average molecular weight is 455 g/mol. The van der Waals surface area contributed by atoms with Gasteiger partial charge >= 0.3 is 0 Å². The number of pyridine rings is 1. The minimum atomic E-state index is -0.617. The lowest BCUT2D eigenvalue weighted by Gasteiger charge is -2.38. The van der Waals surface area contributed by atoms with Crippen LogP contribution in [-0.2, 0) is 6.42 Å². The van der Waals surface area contributed by atoms with Crippen LogP contribution in [-0.4, -0.2) is 64.0 Å². The topological polar surface area (TPSA) is 94.2 Å². The van der Waals surface area contributed by atoms with Crippen molar-refractivity contribution in [2.75, 3.05) is 31.1 Å². The molecule has 3 heterocycles. The molecule has 2 aliphatic rings. The number of hydrogen-bond acceptors (Lipinski definition) is 6. The maximum Gasteiger partial charge on any atom is 0.270 e. The molecule has 1 atom stereocenters. The van der Waals surface area contributed by atoms with Gasteiger partial charge in [0.2, 0.25) is 5.95 Å². The average Bonchev–Trinajstić information content (AvgIpc) is 3.29. The summed E-state index contributed by atoms with van der Waals surface area (Å²) in [5.74, 6) is -0.328. The van der Waals surface area contributed by atoms with E-state index in [0.29, 0.717) is 36.6 Å². The maximum atomic E-state index is 14.7. The smallest absolute Gasteiger partial charge is 0.270 e. The second-order valence-corrected chi connectivity index (χ2v) is 8.90. The zero-order valence-electron chi connectivity index (χ0n) is 19.4. The van der Waals surface area contributed by atoms with Crippen molar-refractivity contribution in [2.45, 2.75) is 52.1 Å². The van der Waals surface area contributed by atoms with E-state index >= 15 is 0 Å². The monoisotopic (exact) mass is 454 g/mol. The number of piperazine rings is 1. The molecule has 1 aliphatic heterocycles. The summed E-state index contributed by atoms with van der Waals surface area (Å²) in [5.41, 5.74) is 2.22.